The first kappa shape index (κ1) is 17.7. The summed E-state index contributed by atoms with van der Waals surface area (Å²) in [5.74, 6) is -0.611. The second kappa shape index (κ2) is 10.6. The average molecular weight is 274 g/mol. The molecule has 0 aliphatic carbocycles. The van der Waals surface area contributed by atoms with Crippen molar-refractivity contribution in [3.8, 4) is 0 Å². The van der Waals surface area contributed by atoms with E-state index in [0.29, 0.717) is 12.5 Å². The van der Waals surface area contributed by atoms with Crippen molar-refractivity contribution in [3.63, 3.8) is 0 Å². The van der Waals surface area contributed by atoms with E-state index in [2.05, 4.69) is 24.5 Å². The van der Waals surface area contributed by atoms with Gasteiger partial charge >= 0.3 is 12.0 Å². The zero-order chi connectivity index (χ0) is 14.7. The van der Waals surface area contributed by atoms with Crippen molar-refractivity contribution in [2.75, 3.05) is 20.2 Å². The highest BCUT2D eigenvalue weighted by Gasteiger charge is 2.17. The Morgan fingerprint density at radius 3 is 2.32 bits per heavy atom. The number of carbonyl (C=O) groups is 2. The largest absolute Gasteiger partial charge is 0.479 e. The molecule has 6 heteroatoms. The van der Waals surface area contributed by atoms with Crippen LogP contribution in [-0.4, -0.2) is 43.4 Å². The zero-order valence-corrected chi connectivity index (χ0v) is 12.1. The number of carboxylic acids is 1. The van der Waals surface area contributed by atoms with Crippen LogP contribution in [0.15, 0.2) is 0 Å². The first-order valence-corrected chi connectivity index (χ1v) is 6.82. The second-order valence-corrected chi connectivity index (χ2v) is 4.57. The van der Waals surface area contributed by atoms with E-state index in [1.54, 1.807) is 0 Å². The fourth-order valence-electron chi connectivity index (χ4n) is 1.70. The maximum absolute atomic E-state index is 11.5. The first-order chi connectivity index (χ1) is 9.04. The molecule has 112 valence electrons. The fraction of sp³-hybridized carbons (Fsp3) is 0.846. The fourth-order valence-corrected chi connectivity index (χ4v) is 1.70. The summed E-state index contributed by atoms with van der Waals surface area (Å²) in [5.41, 5.74) is 0. The highest BCUT2D eigenvalue weighted by atomic mass is 16.5. The van der Waals surface area contributed by atoms with Gasteiger partial charge in [-0.3, -0.25) is 0 Å². The number of urea groups is 1. The Balaban J connectivity index is 3.87. The summed E-state index contributed by atoms with van der Waals surface area (Å²) in [5, 5.41) is 14.0. The van der Waals surface area contributed by atoms with Gasteiger partial charge in [-0.1, -0.05) is 33.1 Å². The maximum atomic E-state index is 11.5. The van der Waals surface area contributed by atoms with E-state index in [4.69, 9.17) is 9.84 Å². The van der Waals surface area contributed by atoms with Gasteiger partial charge in [0.2, 0.25) is 0 Å². The van der Waals surface area contributed by atoms with Crippen LogP contribution in [0, 0.1) is 5.92 Å². The van der Waals surface area contributed by atoms with Crippen LogP contribution in [0.3, 0.4) is 0 Å². The Bertz CT molecular complexity index is 271. The Morgan fingerprint density at radius 2 is 1.84 bits per heavy atom. The second-order valence-electron chi connectivity index (χ2n) is 4.57. The molecule has 0 radical (unpaired) electrons. The number of rotatable bonds is 10. The van der Waals surface area contributed by atoms with Crippen LogP contribution < -0.4 is 10.6 Å². The molecular weight excluding hydrogens is 248 g/mol. The van der Waals surface area contributed by atoms with Gasteiger partial charge in [-0.25, -0.2) is 9.59 Å². The molecule has 3 N–H and O–H groups in total. The molecule has 0 aromatic heterocycles. The number of amides is 2. The van der Waals surface area contributed by atoms with Crippen molar-refractivity contribution in [2.24, 2.45) is 5.92 Å². The number of unbranched alkanes of at least 4 members (excludes halogenated alkanes) is 1. The number of methoxy groups -OCH3 is 1. The standard InChI is InChI=1S/C13H26N2O4/c1-4-6-7-10(5-2)8-14-13(18)15-9-11(19-3)12(16)17/h10-11H,4-9H2,1-3H3,(H,16,17)(H2,14,15,18). The maximum Gasteiger partial charge on any atom is 0.334 e. The lowest BCUT2D eigenvalue weighted by Crippen LogP contribution is -2.44. The summed E-state index contributed by atoms with van der Waals surface area (Å²) in [6.07, 6.45) is 3.43. The Morgan fingerprint density at radius 1 is 1.21 bits per heavy atom. The smallest absolute Gasteiger partial charge is 0.334 e. The third-order valence-corrected chi connectivity index (χ3v) is 3.10. The van der Waals surface area contributed by atoms with Gasteiger partial charge in [-0.15, -0.1) is 0 Å². The summed E-state index contributed by atoms with van der Waals surface area (Å²) >= 11 is 0. The van der Waals surface area contributed by atoms with Crippen LogP contribution in [-0.2, 0) is 9.53 Å². The molecule has 6 nitrogen and oxygen atoms in total. The molecule has 19 heavy (non-hydrogen) atoms. The molecule has 0 saturated carbocycles. The molecule has 0 fully saturated rings. The quantitative estimate of drug-likeness (QED) is 0.564. The van der Waals surface area contributed by atoms with E-state index >= 15 is 0 Å². The molecule has 2 unspecified atom stereocenters. The van der Waals surface area contributed by atoms with Gasteiger partial charge in [0.05, 0.1) is 6.54 Å². The van der Waals surface area contributed by atoms with E-state index in [-0.39, 0.29) is 12.6 Å². The van der Waals surface area contributed by atoms with Crippen LogP contribution in [0.5, 0.6) is 0 Å². The molecule has 0 rings (SSSR count). The third kappa shape index (κ3) is 8.42. The molecule has 2 atom stereocenters. The average Bonchev–Trinajstić information content (AvgIpc) is 2.39. The molecule has 0 saturated heterocycles. The molecule has 2 amide bonds. The van der Waals surface area contributed by atoms with Crippen molar-refractivity contribution in [1.82, 2.24) is 10.6 Å². The number of ether oxygens (including phenoxy) is 1. The van der Waals surface area contributed by atoms with Gasteiger partial charge < -0.3 is 20.5 Å². The normalized spacial score (nSPS) is 13.6. The Hall–Kier alpha value is -1.30. The van der Waals surface area contributed by atoms with Crippen molar-refractivity contribution in [3.05, 3.63) is 0 Å². The summed E-state index contributed by atoms with van der Waals surface area (Å²) < 4.78 is 4.72. The van der Waals surface area contributed by atoms with Crippen LogP contribution in [0.25, 0.3) is 0 Å². The Labute approximate surface area is 114 Å². The predicted octanol–water partition coefficient (Wildman–Crippen LogP) is 1.60. The first-order valence-electron chi connectivity index (χ1n) is 6.82. The van der Waals surface area contributed by atoms with Gasteiger partial charge in [-0.2, -0.15) is 0 Å². The van der Waals surface area contributed by atoms with Crippen LogP contribution in [0.4, 0.5) is 4.79 Å². The molecule has 0 heterocycles. The minimum absolute atomic E-state index is 0.0383. The summed E-state index contributed by atoms with van der Waals surface area (Å²) in [4.78, 5) is 22.2. The number of hydrogen-bond donors (Lipinski definition) is 3. The highest BCUT2D eigenvalue weighted by Crippen LogP contribution is 2.10. The van der Waals surface area contributed by atoms with Crippen LogP contribution >= 0.6 is 0 Å². The number of hydrogen-bond acceptors (Lipinski definition) is 3. The SMILES string of the molecule is CCCCC(CC)CNC(=O)NCC(OC)C(=O)O. The van der Waals surface area contributed by atoms with Gasteiger partial charge in [0.1, 0.15) is 0 Å². The molecule has 0 aromatic carbocycles. The van der Waals surface area contributed by atoms with Crippen molar-refractivity contribution in [2.45, 2.75) is 45.6 Å². The Kier molecular flexibility index (Phi) is 9.88. The lowest BCUT2D eigenvalue weighted by molar-refractivity contribution is -0.147. The van der Waals surface area contributed by atoms with Crippen LogP contribution in [0.2, 0.25) is 0 Å². The van der Waals surface area contributed by atoms with Gasteiger partial charge in [0, 0.05) is 13.7 Å². The molecule has 0 aliphatic heterocycles. The number of carbonyl (C=O) groups excluding carboxylic acids is 1. The van der Waals surface area contributed by atoms with E-state index < -0.39 is 12.1 Å². The van der Waals surface area contributed by atoms with Gasteiger partial charge in [0.15, 0.2) is 6.10 Å². The summed E-state index contributed by atoms with van der Waals surface area (Å²) in [6, 6.07) is -0.349. The minimum atomic E-state index is -1.09. The summed E-state index contributed by atoms with van der Waals surface area (Å²) in [7, 11) is 1.30. The van der Waals surface area contributed by atoms with E-state index in [1.165, 1.54) is 7.11 Å². The zero-order valence-electron chi connectivity index (χ0n) is 12.1. The monoisotopic (exact) mass is 274 g/mol. The molecule has 0 bridgehead atoms. The molecule has 0 aromatic rings. The van der Waals surface area contributed by atoms with E-state index in [9.17, 15) is 9.59 Å². The van der Waals surface area contributed by atoms with Crippen molar-refractivity contribution < 1.29 is 19.4 Å². The summed E-state index contributed by atoms with van der Waals surface area (Å²) in [6.45, 7) is 4.82. The predicted molar refractivity (Wildman–Crippen MR) is 73.1 cm³/mol. The molecular formula is C13H26N2O4. The minimum Gasteiger partial charge on any atom is -0.479 e. The lowest BCUT2D eigenvalue weighted by Gasteiger charge is -2.16. The number of carboxylic acid groups (broad SMARTS) is 1. The van der Waals surface area contributed by atoms with Crippen LogP contribution in [0.1, 0.15) is 39.5 Å². The van der Waals surface area contributed by atoms with Gasteiger partial charge in [0.25, 0.3) is 0 Å². The molecule has 0 spiro atoms. The number of nitrogens with one attached hydrogen (secondary N) is 2. The lowest BCUT2D eigenvalue weighted by atomic mass is 9.99. The topological polar surface area (TPSA) is 87.7 Å². The van der Waals surface area contributed by atoms with E-state index in [1.807, 2.05) is 0 Å². The van der Waals surface area contributed by atoms with Crippen molar-refractivity contribution in [1.29, 1.82) is 0 Å². The van der Waals surface area contributed by atoms with E-state index in [0.717, 1.165) is 25.7 Å². The molecule has 0 aliphatic rings. The van der Waals surface area contributed by atoms with Crippen molar-refractivity contribution >= 4 is 12.0 Å². The number of aliphatic carboxylic acids is 1. The highest BCUT2D eigenvalue weighted by molar-refractivity contribution is 5.76. The van der Waals surface area contributed by atoms with Gasteiger partial charge in [-0.05, 0) is 12.3 Å². The third-order valence-electron chi connectivity index (χ3n) is 3.10.